The van der Waals surface area contributed by atoms with E-state index in [0.717, 1.165) is 23.8 Å². The van der Waals surface area contributed by atoms with Crippen LogP contribution < -0.4 is 21.3 Å². The highest BCUT2D eigenvalue weighted by Crippen LogP contribution is 2.39. The van der Waals surface area contributed by atoms with Crippen molar-refractivity contribution >= 4 is 38.6 Å². The number of carbonyl (C=O) groups excluding carboxylic acids is 1. The van der Waals surface area contributed by atoms with Gasteiger partial charge in [-0.1, -0.05) is 12.1 Å². The number of allylic oxidation sites excluding steroid dienone is 1. The molecule has 1 amide bonds. The molecule has 0 atom stereocenters. The smallest absolute Gasteiger partial charge is 0.230 e. The number of sulfone groups is 1. The van der Waals surface area contributed by atoms with Gasteiger partial charge in [-0.2, -0.15) is 5.26 Å². The molecular formula is C20H23N7O3S. The van der Waals surface area contributed by atoms with Crippen LogP contribution >= 0.6 is 0 Å². The van der Waals surface area contributed by atoms with Gasteiger partial charge in [0, 0.05) is 19.2 Å². The predicted octanol–water partition coefficient (Wildman–Crippen LogP) is 1.70. The van der Waals surface area contributed by atoms with E-state index in [1.807, 2.05) is 36.1 Å². The summed E-state index contributed by atoms with van der Waals surface area (Å²) >= 11 is 0. The summed E-state index contributed by atoms with van der Waals surface area (Å²) in [7, 11) is -3.75. The van der Waals surface area contributed by atoms with Crippen LogP contribution in [-0.4, -0.2) is 43.6 Å². The summed E-state index contributed by atoms with van der Waals surface area (Å²) in [6.07, 6.45) is 2.78. The maximum absolute atomic E-state index is 12.4. The number of fused-ring (bicyclic) bond motifs is 1. The number of rotatable bonds is 7. The number of nitrogens with zero attached hydrogens (tertiary/aromatic N) is 4. The third-order valence-electron chi connectivity index (χ3n) is 4.63. The average Bonchev–Trinajstić information content (AvgIpc) is 3.10. The molecule has 1 aromatic heterocycles. The van der Waals surface area contributed by atoms with Crippen LogP contribution in [0.15, 0.2) is 41.2 Å². The molecule has 0 radical (unpaired) electrons. The zero-order valence-corrected chi connectivity index (χ0v) is 18.0. The fourth-order valence-electron chi connectivity index (χ4n) is 3.21. The molecule has 3 rings (SSSR count). The molecular weight excluding hydrogens is 418 g/mol. The van der Waals surface area contributed by atoms with Crippen molar-refractivity contribution < 1.29 is 13.2 Å². The van der Waals surface area contributed by atoms with Crippen LogP contribution in [0.3, 0.4) is 0 Å². The average molecular weight is 442 g/mol. The summed E-state index contributed by atoms with van der Waals surface area (Å²) in [5, 5.41) is 15.7. The Kier molecular flexibility index (Phi) is 6.53. The maximum Gasteiger partial charge on any atom is 0.230 e. The van der Waals surface area contributed by atoms with E-state index in [0.29, 0.717) is 25.3 Å². The zero-order valence-electron chi connectivity index (χ0n) is 17.2. The summed E-state index contributed by atoms with van der Waals surface area (Å²) in [6, 6.07) is 9.57. The van der Waals surface area contributed by atoms with Crippen molar-refractivity contribution in [2.75, 3.05) is 34.9 Å². The van der Waals surface area contributed by atoms with E-state index < -0.39 is 9.84 Å². The van der Waals surface area contributed by atoms with E-state index in [1.54, 1.807) is 0 Å². The van der Waals surface area contributed by atoms with Crippen LogP contribution in [0, 0.1) is 11.3 Å². The fraction of sp³-hybridized carbons (Fsp3) is 0.300. The number of hydrogen-bond acceptors (Lipinski definition) is 9. The molecule has 1 aromatic carbocycles. The molecule has 10 nitrogen and oxygen atoms in total. The standard InChI is InChI=1S/C20H23N7O3S/c1-3-27-15-8-5-4-7-14(15)24-19(27)13(11-22)18-16(31(2,29)30)12-23-20(26-18)25-17(28)9-6-10-21/h4-5,7-8,12,24H,3,6,9-10,21H2,1-2H3,(H,23,25,26,28)/b19-13+. The minimum absolute atomic E-state index is 0.0262. The molecule has 11 heteroatoms. The third-order valence-corrected chi connectivity index (χ3v) is 5.73. The first-order valence-corrected chi connectivity index (χ1v) is 11.5. The SMILES string of the molecule is CCN1/C(=C(\C#N)c2nc(NC(=O)CCCN)ncc2S(C)(=O)=O)Nc2ccccc21. The van der Waals surface area contributed by atoms with E-state index in [-0.39, 0.29) is 34.4 Å². The van der Waals surface area contributed by atoms with Crippen molar-refractivity contribution in [1.29, 1.82) is 5.26 Å². The second-order valence-electron chi connectivity index (χ2n) is 6.84. The predicted molar refractivity (Wildman–Crippen MR) is 118 cm³/mol. The summed E-state index contributed by atoms with van der Waals surface area (Å²) in [5.74, 6) is -0.0252. The van der Waals surface area contributed by atoms with E-state index in [2.05, 4.69) is 26.7 Å². The normalized spacial score (nSPS) is 14.5. The summed E-state index contributed by atoms with van der Waals surface area (Å²) in [5.41, 5.74) is 7.01. The van der Waals surface area contributed by atoms with Crippen LogP contribution in [-0.2, 0) is 14.6 Å². The van der Waals surface area contributed by atoms with Crippen molar-refractivity contribution in [2.24, 2.45) is 5.73 Å². The molecule has 1 aliphatic heterocycles. The molecule has 0 spiro atoms. The first-order chi connectivity index (χ1) is 14.8. The number of para-hydroxylation sites is 2. The van der Waals surface area contributed by atoms with Crippen LogP contribution in [0.1, 0.15) is 25.5 Å². The van der Waals surface area contributed by atoms with Gasteiger partial charge >= 0.3 is 0 Å². The summed E-state index contributed by atoms with van der Waals surface area (Å²) < 4.78 is 24.8. The quantitative estimate of drug-likeness (QED) is 0.545. The number of aromatic nitrogens is 2. The number of hydrogen-bond donors (Lipinski definition) is 3. The van der Waals surface area contributed by atoms with Gasteiger partial charge in [0.15, 0.2) is 9.84 Å². The molecule has 1 aliphatic rings. The maximum atomic E-state index is 12.4. The molecule has 2 aromatic rings. The highest BCUT2D eigenvalue weighted by atomic mass is 32.2. The molecule has 0 unspecified atom stereocenters. The fourth-order valence-corrected chi connectivity index (χ4v) is 3.95. The number of benzene rings is 1. The van der Waals surface area contributed by atoms with Crippen molar-refractivity contribution in [3.05, 3.63) is 42.0 Å². The molecule has 0 saturated heterocycles. The number of nitriles is 1. The molecule has 4 N–H and O–H groups in total. The molecule has 162 valence electrons. The van der Waals surface area contributed by atoms with Crippen molar-refractivity contribution in [1.82, 2.24) is 9.97 Å². The summed E-state index contributed by atoms with van der Waals surface area (Å²) in [6.45, 7) is 2.81. The molecule has 0 bridgehead atoms. The Labute approximate surface area is 180 Å². The van der Waals surface area contributed by atoms with Crippen molar-refractivity contribution in [2.45, 2.75) is 24.7 Å². The highest BCUT2D eigenvalue weighted by molar-refractivity contribution is 7.90. The molecule has 0 saturated carbocycles. The van der Waals surface area contributed by atoms with Gasteiger partial charge < -0.3 is 16.0 Å². The Morgan fingerprint density at radius 2 is 2.10 bits per heavy atom. The largest absolute Gasteiger partial charge is 0.339 e. The lowest BCUT2D eigenvalue weighted by Gasteiger charge is -2.19. The van der Waals surface area contributed by atoms with Crippen LogP contribution in [0.5, 0.6) is 0 Å². The van der Waals surface area contributed by atoms with Crippen molar-refractivity contribution in [3.8, 4) is 6.07 Å². The van der Waals surface area contributed by atoms with Gasteiger partial charge in [-0.25, -0.2) is 18.4 Å². The van der Waals surface area contributed by atoms with E-state index in [1.165, 1.54) is 0 Å². The number of nitrogens with two attached hydrogens (primary N) is 1. The van der Waals surface area contributed by atoms with Gasteiger partial charge in [0.05, 0.1) is 17.6 Å². The lowest BCUT2D eigenvalue weighted by atomic mass is 10.2. The number of carbonyl (C=O) groups is 1. The Bertz CT molecular complexity index is 1190. The van der Waals surface area contributed by atoms with Crippen LogP contribution in [0.25, 0.3) is 5.57 Å². The third kappa shape index (κ3) is 4.65. The molecule has 0 fully saturated rings. The van der Waals surface area contributed by atoms with E-state index >= 15 is 0 Å². The second kappa shape index (κ2) is 9.11. The van der Waals surface area contributed by atoms with Crippen LogP contribution in [0.2, 0.25) is 0 Å². The number of nitrogens with one attached hydrogen (secondary N) is 2. The monoisotopic (exact) mass is 441 g/mol. The first-order valence-electron chi connectivity index (χ1n) is 9.65. The van der Waals surface area contributed by atoms with Crippen LogP contribution in [0.4, 0.5) is 17.3 Å². The highest BCUT2D eigenvalue weighted by Gasteiger charge is 2.29. The van der Waals surface area contributed by atoms with Gasteiger partial charge in [0.25, 0.3) is 0 Å². The molecule has 0 aliphatic carbocycles. The van der Waals surface area contributed by atoms with E-state index in [4.69, 9.17) is 5.73 Å². The topological polar surface area (TPSA) is 154 Å². The summed E-state index contributed by atoms with van der Waals surface area (Å²) in [4.78, 5) is 21.9. The van der Waals surface area contributed by atoms with E-state index in [9.17, 15) is 18.5 Å². The Morgan fingerprint density at radius 1 is 1.35 bits per heavy atom. The van der Waals surface area contributed by atoms with Gasteiger partial charge in [-0.05, 0) is 32.0 Å². The Hall–Kier alpha value is -3.49. The minimum atomic E-state index is -3.75. The number of amides is 1. The Morgan fingerprint density at radius 3 is 2.74 bits per heavy atom. The zero-order chi connectivity index (χ0) is 22.6. The van der Waals surface area contributed by atoms with Crippen molar-refractivity contribution in [3.63, 3.8) is 0 Å². The van der Waals surface area contributed by atoms with Gasteiger partial charge in [0.1, 0.15) is 28.1 Å². The Balaban J connectivity index is 2.14. The van der Waals surface area contributed by atoms with Gasteiger partial charge in [0.2, 0.25) is 11.9 Å². The lowest BCUT2D eigenvalue weighted by Crippen LogP contribution is -2.23. The minimum Gasteiger partial charge on any atom is -0.339 e. The van der Waals surface area contributed by atoms with Gasteiger partial charge in [-0.3, -0.25) is 10.1 Å². The second-order valence-corrected chi connectivity index (χ2v) is 8.83. The lowest BCUT2D eigenvalue weighted by molar-refractivity contribution is -0.116. The molecule has 2 heterocycles. The number of anilines is 3. The molecule has 31 heavy (non-hydrogen) atoms. The first kappa shape index (κ1) is 22.2. The van der Waals surface area contributed by atoms with Gasteiger partial charge in [-0.15, -0.1) is 0 Å².